The molecule has 0 spiro atoms. The Bertz CT molecular complexity index is 1120. The normalized spacial score (nSPS) is 15.6. The zero-order chi connectivity index (χ0) is 19.9. The Kier molecular flexibility index (Phi) is 4.64. The Balaban J connectivity index is 1.72. The van der Waals surface area contributed by atoms with Crippen LogP contribution in [-0.4, -0.2) is 22.7 Å². The molecule has 144 valence electrons. The molecule has 0 saturated heterocycles. The number of carbonyl (C=O) groups is 1. The summed E-state index contributed by atoms with van der Waals surface area (Å²) < 4.78 is 28.1. The number of halogens is 1. The fourth-order valence-corrected chi connectivity index (χ4v) is 4.69. The Morgan fingerprint density at radius 2 is 1.50 bits per heavy atom. The van der Waals surface area contributed by atoms with Gasteiger partial charge in [-0.05, 0) is 42.3 Å². The van der Waals surface area contributed by atoms with E-state index < -0.39 is 16.2 Å². The SMILES string of the molecule is Cc1ccc(CN2C(=O)N(Cc3ccc(Cl)cc3)c3cccn3S2(=O)=O)cc1. The van der Waals surface area contributed by atoms with E-state index in [1.165, 1.54) is 11.1 Å². The lowest BCUT2D eigenvalue weighted by Crippen LogP contribution is -2.52. The van der Waals surface area contributed by atoms with E-state index in [9.17, 15) is 13.2 Å². The molecule has 1 aromatic heterocycles. The van der Waals surface area contributed by atoms with E-state index in [0.29, 0.717) is 10.8 Å². The molecule has 2 amide bonds. The van der Waals surface area contributed by atoms with Gasteiger partial charge in [0, 0.05) is 11.2 Å². The number of urea groups is 1. The number of fused-ring (bicyclic) bond motifs is 1. The summed E-state index contributed by atoms with van der Waals surface area (Å²) in [6.45, 7) is 2.16. The van der Waals surface area contributed by atoms with Crippen LogP contribution in [-0.2, 0) is 23.3 Å². The molecule has 8 heteroatoms. The first-order valence-electron chi connectivity index (χ1n) is 8.68. The van der Waals surface area contributed by atoms with Crippen LogP contribution in [0.4, 0.5) is 10.6 Å². The van der Waals surface area contributed by atoms with Crippen LogP contribution in [0.5, 0.6) is 0 Å². The summed E-state index contributed by atoms with van der Waals surface area (Å²) in [5.74, 6) is 0.320. The fraction of sp³-hybridized carbons (Fsp3) is 0.150. The summed E-state index contributed by atoms with van der Waals surface area (Å²) in [6.07, 6.45) is 1.45. The molecule has 2 aromatic carbocycles. The van der Waals surface area contributed by atoms with Crippen LogP contribution >= 0.6 is 11.6 Å². The van der Waals surface area contributed by atoms with Crippen molar-refractivity contribution in [2.24, 2.45) is 0 Å². The molecule has 1 aliphatic heterocycles. The summed E-state index contributed by atoms with van der Waals surface area (Å²) in [4.78, 5) is 14.6. The molecule has 4 rings (SSSR count). The molecule has 6 nitrogen and oxygen atoms in total. The number of carbonyl (C=O) groups excluding carboxylic acids is 1. The highest BCUT2D eigenvalue weighted by molar-refractivity contribution is 7.88. The van der Waals surface area contributed by atoms with Crippen LogP contribution in [0.3, 0.4) is 0 Å². The molecule has 28 heavy (non-hydrogen) atoms. The Morgan fingerprint density at radius 1 is 0.893 bits per heavy atom. The van der Waals surface area contributed by atoms with Gasteiger partial charge in [-0.25, -0.2) is 8.77 Å². The van der Waals surface area contributed by atoms with Crippen molar-refractivity contribution in [2.75, 3.05) is 4.90 Å². The first-order valence-corrected chi connectivity index (χ1v) is 10.5. The second-order valence-corrected chi connectivity index (χ2v) is 8.82. The zero-order valence-corrected chi connectivity index (χ0v) is 16.7. The minimum absolute atomic E-state index is 0.0316. The number of benzene rings is 2. The van der Waals surface area contributed by atoms with Crippen molar-refractivity contribution in [3.8, 4) is 0 Å². The van der Waals surface area contributed by atoms with Gasteiger partial charge in [0.05, 0.1) is 13.1 Å². The number of hydrogen-bond acceptors (Lipinski definition) is 3. The van der Waals surface area contributed by atoms with Crippen LogP contribution in [0, 0.1) is 6.92 Å². The first-order chi connectivity index (χ1) is 13.4. The fourth-order valence-electron chi connectivity index (χ4n) is 3.13. The molecule has 0 bridgehead atoms. The van der Waals surface area contributed by atoms with E-state index in [1.54, 1.807) is 24.3 Å². The largest absolute Gasteiger partial charge is 0.341 e. The van der Waals surface area contributed by atoms with Gasteiger partial charge in [0.15, 0.2) is 0 Å². The third kappa shape index (κ3) is 3.27. The van der Waals surface area contributed by atoms with Crippen LogP contribution in [0.1, 0.15) is 16.7 Å². The summed E-state index contributed by atoms with van der Waals surface area (Å²) >= 11 is 5.94. The summed E-state index contributed by atoms with van der Waals surface area (Å²) in [6, 6.07) is 17.2. The van der Waals surface area contributed by atoms with E-state index in [1.807, 2.05) is 43.3 Å². The topological polar surface area (TPSA) is 62.6 Å². The molecular weight excluding hydrogens is 398 g/mol. The average Bonchev–Trinajstić information content (AvgIpc) is 3.16. The summed E-state index contributed by atoms with van der Waals surface area (Å²) in [5, 5.41) is 0.598. The molecule has 0 fully saturated rings. The third-order valence-electron chi connectivity index (χ3n) is 4.64. The second-order valence-electron chi connectivity index (χ2n) is 6.66. The number of hydrogen-bond donors (Lipinski definition) is 0. The Labute approximate surface area is 168 Å². The minimum Gasteiger partial charge on any atom is -0.274 e. The highest BCUT2D eigenvalue weighted by Crippen LogP contribution is 2.30. The molecule has 0 radical (unpaired) electrons. The van der Waals surface area contributed by atoms with E-state index in [-0.39, 0.29) is 13.1 Å². The minimum atomic E-state index is -3.99. The molecule has 0 unspecified atom stereocenters. The zero-order valence-electron chi connectivity index (χ0n) is 15.1. The molecule has 0 atom stereocenters. The Hall–Kier alpha value is -2.77. The number of nitrogens with zero attached hydrogens (tertiary/aromatic N) is 3. The maximum atomic E-state index is 13.2. The van der Waals surface area contributed by atoms with Crippen LogP contribution in [0.2, 0.25) is 5.02 Å². The third-order valence-corrected chi connectivity index (χ3v) is 6.54. The van der Waals surface area contributed by atoms with Gasteiger partial charge < -0.3 is 0 Å². The number of rotatable bonds is 4. The monoisotopic (exact) mass is 415 g/mol. The predicted molar refractivity (Wildman–Crippen MR) is 109 cm³/mol. The summed E-state index contributed by atoms with van der Waals surface area (Å²) in [5.41, 5.74) is 2.65. The van der Waals surface area contributed by atoms with Crippen LogP contribution < -0.4 is 4.90 Å². The highest BCUT2D eigenvalue weighted by atomic mass is 35.5. The van der Waals surface area contributed by atoms with E-state index in [0.717, 1.165) is 25.0 Å². The molecule has 1 aliphatic rings. The molecular formula is C20H18ClN3O3S. The first kappa shape index (κ1) is 18.6. The smallest absolute Gasteiger partial charge is 0.274 e. The van der Waals surface area contributed by atoms with Crippen molar-refractivity contribution >= 4 is 33.7 Å². The van der Waals surface area contributed by atoms with Gasteiger partial charge >= 0.3 is 16.2 Å². The molecule has 0 N–H and O–H groups in total. The number of anilines is 1. The van der Waals surface area contributed by atoms with Gasteiger partial charge in [-0.3, -0.25) is 4.90 Å². The van der Waals surface area contributed by atoms with Crippen LogP contribution in [0.25, 0.3) is 0 Å². The lowest BCUT2D eigenvalue weighted by molar-refractivity contribution is 0.225. The number of aryl methyl sites for hydroxylation is 1. The van der Waals surface area contributed by atoms with Crippen LogP contribution in [0.15, 0.2) is 66.9 Å². The van der Waals surface area contributed by atoms with Gasteiger partial charge in [-0.1, -0.05) is 53.6 Å². The van der Waals surface area contributed by atoms with Crippen molar-refractivity contribution in [1.29, 1.82) is 0 Å². The van der Waals surface area contributed by atoms with Gasteiger partial charge in [-0.15, -0.1) is 0 Å². The lowest BCUT2D eigenvalue weighted by Gasteiger charge is -2.36. The Morgan fingerprint density at radius 3 is 2.18 bits per heavy atom. The van der Waals surface area contributed by atoms with Crippen molar-refractivity contribution < 1.29 is 13.2 Å². The quantitative estimate of drug-likeness (QED) is 0.642. The molecule has 0 saturated carbocycles. The van der Waals surface area contributed by atoms with Crippen molar-refractivity contribution in [2.45, 2.75) is 20.0 Å². The number of aromatic nitrogens is 1. The van der Waals surface area contributed by atoms with E-state index >= 15 is 0 Å². The van der Waals surface area contributed by atoms with Crippen molar-refractivity contribution in [3.05, 3.63) is 88.6 Å². The van der Waals surface area contributed by atoms with E-state index in [4.69, 9.17) is 11.6 Å². The van der Waals surface area contributed by atoms with E-state index in [2.05, 4.69) is 0 Å². The molecule has 3 aromatic rings. The van der Waals surface area contributed by atoms with Crippen molar-refractivity contribution in [1.82, 2.24) is 8.28 Å². The van der Waals surface area contributed by atoms with Gasteiger partial charge in [-0.2, -0.15) is 12.7 Å². The summed E-state index contributed by atoms with van der Waals surface area (Å²) in [7, 11) is -3.99. The average molecular weight is 416 g/mol. The predicted octanol–water partition coefficient (Wildman–Crippen LogP) is 4.19. The maximum absolute atomic E-state index is 13.2. The van der Waals surface area contributed by atoms with Crippen molar-refractivity contribution in [3.63, 3.8) is 0 Å². The maximum Gasteiger partial charge on any atom is 0.341 e. The standard InChI is InChI=1S/C20H18ClN3O3S/c1-15-4-6-17(7-5-15)14-24-20(25)22(13-16-8-10-18(21)11-9-16)19-3-2-12-23(19)28(24,26)27/h2-12H,13-14H2,1H3. The lowest BCUT2D eigenvalue weighted by atomic mass is 10.1. The van der Waals surface area contributed by atoms with Gasteiger partial charge in [0.2, 0.25) is 0 Å². The highest BCUT2D eigenvalue weighted by Gasteiger charge is 2.40. The van der Waals surface area contributed by atoms with Gasteiger partial charge in [0.25, 0.3) is 0 Å². The molecule has 0 aliphatic carbocycles. The second kappa shape index (κ2) is 7.00. The molecule has 2 heterocycles. The van der Waals surface area contributed by atoms with Gasteiger partial charge in [0.1, 0.15) is 5.82 Å². The number of amides is 2.